The minimum atomic E-state index is -0.208. The van der Waals surface area contributed by atoms with Gasteiger partial charge in [-0.05, 0) is 18.2 Å². The van der Waals surface area contributed by atoms with Gasteiger partial charge >= 0.3 is 0 Å². The van der Waals surface area contributed by atoms with Gasteiger partial charge in [-0.25, -0.2) is 0 Å². The maximum atomic E-state index is 10.5. The molecule has 57 valence electrons. The molecule has 2 N–H and O–H groups in total. The van der Waals surface area contributed by atoms with E-state index < -0.39 is 0 Å². The van der Waals surface area contributed by atoms with E-state index in [0.29, 0.717) is 5.69 Å². The quantitative estimate of drug-likeness (QED) is 0.590. The number of hydrogen-bond acceptors (Lipinski definition) is 2. The molecule has 1 aromatic rings. The minimum Gasteiger partial charge on any atom is -0.506 e. The number of carbonyl (C=O) groups excluding carboxylic acids is 1. The molecule has 1 radical (unpaired) electrons. The van der Waals surface area contributed by atoms with Crippen molar-refractivity contribution in [2.24, 2.45) is 0 Å². The Balaban J connectivity index is 2.86. The maximum Gasteiger partial charge on any atom is 0.221 e. The van der Waals surface area contributed by atoms with Crippen molar-refractivity contribution in [1.82, 2.24) is 0 Å². The molecule has 0 atom stereocenters. The van der Waals surface area contributed by atoms with Gasteiger partial charge in [0.15, 0.2) is 0 Å². The molecule has 11 heavy (non-hydrogen) atoms. The monoisotopic (exact) mass is 150 g/mol. The lowest BCUT2D eigenvalue weighted by atomic mass is 10.3. The van der Waals surface area contributed by atoms with E-state index in [2.05, 4.69) is 11.4 Å². The highest BCUT2D eigenvalue weighted by molar-refractivity contribution is 5.90. The fraction of sp³-hybridized carbons (Fsp3) is 0.125. The van der Waals surface area contributed by atoms with E-state index in [9.17, 15) is 4.79 Å². The zero-order valence-corrected chi connectivity index (χ0v) is 6.09. The predicted molar refractivity (Wildman–Crippen MR) is 41.2 cm³/mol. The Bertz CT molecular complexity index is 271. The Labute approximate surface area is 64.7 Å². The third-order valence-electron chi connectivity index (χ3n) is 1.15. The molecule has 0 aromatic heterocycles. The minimum absolute atomic E-state index is 0.0546. The number of benzene rings is 1. The van der Waals surface area contributed by atoms with E-state index in [1.165, 1.54) is 19.1 Å². The summed E-state index contributed by atoms with van der Waals surface area (Å²) in [5, 5.41) is 11.6. The van der Waals surface area contributed by atoms with Crippen molar-refractivity contribution in [3.05, 3.63) is 24.3 Å². The number of nitrogens with one attached hydrogen (secondary N) is 1. The molecule has 0 saturated heterocycles. The molecule has 0 aliphatic rings. The van der Waals surface area contributed by atoms with E-state index in [1.807, 2.05) is 0 Å². The fourth-order valence-corrected chi connectivity index (χ4v) is 0.712. The SMILES string of the molecule is CC(=O)Nc1c[c]ccc1O. The molecule has 0 fully saturated rings. The van der Waals surface area contributed by atoms with Gasteiger partial charge < -0.3 is 10.4 Å². The van der Waals surface area contributed by atoms with Crippen LogP contribution in [0.4, 0.5) is 5.69 Å². The Morgan fingerprint density at radius 2 is 2.45 bits per heavy atom. The number of aromatic hydroxyl groups is 1. The first-order chi connectivity index (χ1) is 5.20. The number of amides is 1. The van der Waals surface area contributed by atoms with Gasteiger partial charge in [0.25, 0.3) is 0 Å². The molecule has 0 spiro atoms. The average Bonchev–Trinajstić information content (AvgIpc) is 1.93. The molecule has 1 aromatic carbocycles. The van der Waals surface area contributed by atoms with E-state index >= 15 is 0 Å². The lowest BCUT2D eigenvalue weighted by molar-refractivity contribution is -0.114. The Hall–Kier alpha value is -1.51. The molecule has 0 aliphatic carbocycles. The fourth-order valence-electron chi connectivity index (χ4n) is 0.712. The van der Waals surface area contributed by atoms with Crippen LogP contribution in [0.15, 0.2) is 18.2 Å². The van der Waals surface area contributed by atoms with Crippen LogP contribution in [0.1, 0.15) is 6.92 Å². The summed E-state index contributed by atoms with van der Waals surface area (Å²) >= 11 is 0. The molecular formula is C8H8NO2. The Morgan fingerprint density at radius 1 is 1.73 bits per heavy atom. The molecule has 0 aliphatic heterocycles. The van der Waals surface area contributed by atoms with Gasteiger partial charge in [0.05, 0.1) is 5.69 Å². The third-order valence-corrected chi connectivity index (χ3v) is 1.15. The molecule has 1 rings (SSSR count). The second-order valence-electron chi connectivity index (χ2n) is 2.12. The highest BCUT2D eigenvalue weighted by Gasteiger charge is 1.99. The molecule has 3 nitrogen and oxygen atoms in total. The van der Waals surface area contributed by atoms with Crippen LogP contribution in [-0.2, 0) is 4.79 Å². The van der Waals surface area contributed by atoms with Crippen molar-refractivity contribution in [2.75, 3.05) is 5.32 Å². The van der Waals surface area contributed by atoms with Crippen LogP contribution in [-0.4, -0.2) is 11.0 Å². The topological polar surface area (TPSA) is 49.3 Å². The summed E-state index contributed by atoms with van der Waals surface area (Å²) in [6.07, 6.45) is 0. The largest absolute Gasteiger partial charge is 0.506 e. The summed E-state index contributed by atoms with van der Waals surface area (Å²) in [7, 11) is 0. The standard InChI is InChI=1S/C8H8NO2/c1-6(10)9-7-4-2-3-5-8(7)11/h3-5,11H,1H3,(H,9,10). The summed E-state index contributed by atoms with van der Waals surface area (Å²) in [5.41, 5.74) is 0.389. The summed E-state index contributed by atoms with van der Waals surface area (Å²) in [5.74, 6) is -0.154. The second-order valence-corrected chi connectivity index (χ2v) is 2.12. The smallest absolute Gasteiger partial charge is 0.221 e. The third kappa shape index (κ3) is 1.97. The van der Waals surface area contributed by atoms with Crippen LogP contribution in [0.25, 0.3) is 0 Å². The summed E-state index contributed by atoms with van der Waals surface area (Å²) in [6, 6.07) is 7.28. The number of phenols is 1. The average molecular weight is 150 g/mol. The van der Waals surface area contributed by atoms with E-state index in [0.717, 1.165) is 0 Å². The van der Waals surface area contributed by atoms with Crippen molar-refractivity contribution in [3.8, 4) is 5.75 Å². The van der Waals surface area contributed by atoms with Gasteiger partial charge in [0, 0.05) is 6.92 Å². The number of rotatable bonds is 1. The lowest BCUT2D eigenvalue weighted by Gasteiger charge is -2.02. The van der Waals surface area contributed by atoms with Gasteiger partial charge in [-0.1, -0.05) is 6.07 Å². The molecular weight excluding hydrogens is 142 g/mol. The number of phenolic OH excluding ortho intramolecular Hbond substituents is 1. The summed E-state index contributed by atoms with van der Waals surface area (Å²) in [6.45, 7) is 1.38. The van der Waals surface area contributed by atoms with Crippen LogP contribution in [0.2, 0.25) is 0 Å². The molecule has 1 amide bonds. The van der Waals surface area contributed by atoms with Gasteiger partial charge in [-0.2, -0.15) is 0 Å². The summed E-state index contributed by atoms with van der Waals surface area (Å²) < 4.78 is 0. The molecule has 3 heteroatoms. The second kappa shape index (κ2) is 3.05. The van der Waals surface area contributed by atoms with Gasteiger partial charge in [0.2, 0.25) is 5.91 Å². The van der Waals surface area contributed by atoms with E-state index in [4.69, 9.17) is 5.11 Å². The van der Waals surface area contributed by atoms with Crippen molar-refractivity contribution in [1.29, 1.82) is 0 Å². The normalized spacial score (nSPS) is 9.18. The zero-order chi connectivity index (χ0) is 8.27. The van der Waals surface area contributed by atoms with E-state index in [-0.39, 0.29) is 11.7 Å². The highest BCUT2D eigenvalue weighted by Crippen LogP contribution is 2.20. The van der Waals surface area contributed by atoms with E-state index in [1.54, 1.807) is 6.07 Å². The number of anilines is 1. The first-order valence-corrected chi connectivity index (χ1v) is 3.17. The van der Waals surface area contributed by atoms with Gasteiger partial charge in [-0.15, -0.1) is 0 Å². The summed E-state index contributed by atoms with van der Waals surface area (Å²) in [4.78, 5) is 10.5. The Morgan fingerprint density at radius 3 is 3.00 bits per heavy atom. The number of hydrogen-bond donors (Lipinski definition) is 2. The van der Waals surface area contributed by atoms with Gasteiger partial charge in [-0.3, -0.25) is 4.79 Å². The molecule has 0 unspecified atom stereocenters. The molecule has 0 saturated carbocycles. The van der Waals surface area contributed by atoms with Crippen LogP contribution < -0.4 is 5.32 Å². The van der Waals surface area contributed by atoms with Crippen LogP contribution in [0, 0.1) is 6.07 Å². The van der Waals surface area contributed by atoms with Gasteiger partial charge in [0.1, 0.15) is 5.75 Å². The molecule has 0 bridgehead atoms. The van der Waals surface area contributed by atoms with Crippen LogP contribution in [0.5, 0.6) is 5.75 Å². The highest BCUT2D eigenvalue weighted by atomic mass is 16.3. The number of carbonyl (C=O) groups is 1. The lowest BCUT2D eigenvalue weighted by Crippen LogP contribution is -2.05. The van der Waals surface area contributed by atoms with Crippen molar-refractivity contribution in [2.45, 2.75) is 6.92 Å². The maximum absolute atomic E-state index is 10.5. The first kappa shape index (κ1) is 7.60. The first-order valence-electron chi connectivity index (χ1n) is 3.17. The van der Waals surface area contributed by atoms with Crippen molar-refractivity contribution in [3.63, 3.8) is 0 Å². The predicted octanol–water partition coefficient (Wildman–Crippen LogP) is 1.15. The van der Waals surface area contributed by atoms with Crippen molar-refractivity contribution >= 4 is 11.6 Å². The van der Waals surface area contributed by atoms with Crippen LogP contribution >= 0.6 is 0 Å². The van der Waals surface area contributed by atoms with Crippen molar-refractivity contribution < 1.29 is 9.90 Å². The zero-order valence-electron chi connectivity index (χ0n) is 6.09. The van der Waals surface area contributed by atoms with Crippen LogP contribution in [0.3, 0.4) is 0 Å². The molecule has 0 heterocycles. The Kier molecular flexibility index (Phi) is 2.11.